The van der Waals surface area contributed by atoms with Crippen LogP contribution in [0.25, 0.3) is 0 Å². The molecule has 1 aliphatic heterocycles. The molecule has 82 valence electrons. The summed E-state index contributed by atoms with van der Waals surface area (Å²) in [6.07, 6.45) is 10.4. The molecule has 2 aliphatic rings. The van der Waals surface area contributed by atoms with E-state index >= 15 is 0 Å². The van der Waals surface area contributed by atoms with Crippen molar-refractivity contribution in [2.45, 2.75) is 6.04 Å². The van der Waals surface area contributed by atoms with Gasteiger partial charge in [-0.15, -0.1) is 0 Å². The number of nitrogens with zero attached hydrogens (tertiary/aromatic N) is 1. The van der Waals surface area contributed by atoms with Crippen LogP contribution in [0.3, 0.4) is 0 Å². The molecule has 2 atom stereocenters. The molecule has 3 rings (SSSR count). The van der Waals surface area contributed by atoms with Gasteiger partial charge in [0, 0.05) is 5.56 Å². The van der Waals surface area contributed by atoms with Gasteiger partial charge in [-0.3, -0.25) is 0 Å². The summed E-state index contributed by atoms with van der Waals surface area (Å²) in [5.74, 6) is 6.83. The van der Waals surface area contributed by atoms with E-state index in [1.807, 2.05) is 18.3 Å². The Morgan fingerprint density at radius 1 is 1.18 bits per heavy atom. The fraction of sp³-hybridized carbons (Fsp3) is 0.125. The summed E-state index contributed by atoms with van der Waals surface area (Å²) in [7, 11) is 0. The number of allylic oxidation sites excluding steroid dienone is 2. The molecule has 0 aromatic heterocycles. The molecule has 0 N–H and O–H groups in total. The zero-order valence-electron chi connectivity index (χ0n) is 9.51. The van der Waals surface area contributed by atoms with Crippen molar-refractivity contribution in [2.24, 2.45) is 5.92 Å². The first kappa shape index (κ1) is 9.99. The fourth-order valence-corrected chi connectivity index (χ4v) is 2.34. The second kappa shape index (κ2) is 3.99. The first-order valence-corrected chi connectivity index (χ1v) is 5.76. The number of fused-ring (bicyclic) bond motifs is 2. The highest BCUT2D eigenvalue weighted by atomic mass is 15.1. The van der Waals surface area contributed by atoms with Crippen molar-refractivity contribution in [1.29, 1.82) is 0 Å². The molecule has 0 bridgehead atoms. The molecule has 1 aliphatic carbocycles. The van der Waals surface area contributed by atoms with E-state index in [0.717, 1.165) is 11.3 Å². The maximum absolute atomic E-state index is 3.93. The molecule has 1 heteroatoms. The first-order chi connectivity index (χ1) is 8.40. The third-order valence-electron chi connectivity index (χ3n) is 3.18. The summed E-state index contributed by atoms with van der Waals surface area (Å²) in [6, 6.07) is 8.48. The molecule has 0 spiro atoms. The second-order valence-corrected chi connectivity index (χ2v) is 4.16. The standard InChI is InChI=1S/C16H13N/c1-2-17-15-9-5-3-7-13(15)11-12-14-8-4-6-10-16(14)17/h2-10,13,15H,1H2. The molecule has 1 heterocycles. The molecule has 0 amide bonds. The normalized spacial score (nSPS) is 24.1. The van der Waals surface area contributed by atoms with Crippen LogP contribution in [0.2, 0.25) is 0 Å². The van der Waals surface area contributed by atoms with Crippen molar-refractivity contribution < 1.29 is 0 Å². The lowest BCUT2D eigenvalue weighted by atomic mass is 9.95. The maximum atomic E-state index is 3.93. The van der Waals surface area contributed by atoms with Crippen molar-refractivity contribution in [3.05, 3.63) is 66.9 Å². The average Bonchev–Trinajstić information content (AvgIpc) is 2.55. The Morgan fingerprint density at radius 2 is 2.00 bits per heavy atom. The molecule has 0 radical (unpaired) electrons. The Morgan fingerprint density at radius 3 is 2.88 bits per heavy atom. The molecule has 17 heavy (non-hydrogen) atoms. The highest BCUT2D eigenvalue weighted by Gasteiger charge is 2.25. The van der Waals surface area contributed by atoms with E-state index in [9.17, 15) is 0 Å². The number of para-hydroxylation sites is 1. The van der Waals surface area contributed by atoms with Crippen LogP contribution >= 0.6 is 0 Å². The highest BCUT2D eigenvalue weighted by Crippen LogP contribution is 2.30. The van der Waals surface area contributed by atoms with E-state index in [1.165, 1.54) is 0 Å². The van der Waals surface area contributed by atoms with Gasteiger partial charge < -0.3 is 4.90 Å². The Hall–Kier alpha value is -2.20. The summed E-state index contributed by atoms with van der Waals surface area (Å²) in [5.41, 5.74) is 2.21. The van der Waals surface area contributed by atoms with Crippen molar-refractivity contribution in [3.8, 4) is 11.8 Å². The summed E-state index contributed by atoms with van der Waals surface area (Å²) in [5, 5.41) is 0. The fourth-order valence-electron chi connectivity index (χ4n) is 2.34. The molecular formula is C16H13N. The minimum absolute atomic E-state index is 0.241. The average molecular weight is 219 g/mol. The quantitative estimate of drug-likeness (QED) is 0.656. The largest absolute Gasteiger partial charge is 0.339 e. The van der Waals surface area contributed by atoms with Gasteiger partial charge in [0.1, 0.15) is 0 Å². The van der Waals surface area contributed by atoms with Gasteiger partial charge in [-0.05, 0) is 18.3 Å². The molecule has 1 aromatic rings. The summed E-state index contributed by atoms with van der Waals surface area (Å²) in [6.45, 7) is 3.93. The van der Waals surface area contributed by atoms with Gasteiger partial charge in [0.25, 0.3) is 0 Å². The summed E-state index contributed by atoms with van der Waals surface area (Å²) < 4.78 is 0. The summed E-state index contributed by atoms with van der Waals surface area (Å²) >= 11 is 0. The van der Waals surface area contributed by atoms with Crippen LogP contribution < -0.4 is 4.90 Å². The first-order valence-electron chi connectivity index (χ1n) is 5.76. The third kappa shape index (κ3) is 1.59. The maximum Gasteiger partial charge on any atom is 0.0692 e. The van der Waals surface area contributed by atoms with Crippen LogP contribution in [0.4, 0.5) is 5.69 Å². The molecule has 0 saturated carbocycles. The molecule has 1 nitrogen and oxygen atoms in total. The Kier molecular flexibility index (Phi) is 2.34. The van der Waals surface area contributed by atoms with Gasteiger partial charge in [-0.25, -0.2) is 0 Å². The van der Waals surface area contributed by atoms with Crippen molar-refractivity contribution in [1.82, 2.24) is 0 Å². The predicted molar refractivity (Wildman–Crippen MR) is 71.6 cm³/mol. The topological polar surface area (TPSA) is 3.24 Å². The number of benzene rings is 1. The van der Waals surface area contributed by atoms with Gasteiger partial charge in [-0.1, -0.05) is 54.9 Å². The van der Waals surface area contributed by atoms with E-state index in [0.29, 0.717) is 0 Å². The Labute approximate surface area is 102 Å². The smallest absolute Gasteiger partial charge is 0.0692 e. The van der Waals surface area contributed by atoms with Crippen molar-refractivity contribution in [3.63, 3.8) is 0 Å². The number of anilines is 1. The van der Waals surface area contributed by atoms with Gasteiger partial charge >= 0.3 is 0 Å². The highest BCUT2D eigenvalue weighted by molar-refractivity contribution is 5.66. The molecule has 0 fully saturated rings. The zero-order chi connectivity index (χ0) is 11.7. The van der Waals surface area contributed by atoms with Crippen LogP contribution in [0, 0.1) is 17.8 Å². The zero-order valence-corrected chi connectivity index (χ0v) is 9.51. The molecule has 0 saturated heterocycles. The monoisotopic (exact) mass is 219 g/mol. The summed E-state index contributed by atoms with van der Waals surface area (Å²) in [4.78, 5) is 2.19. The van der Waals surface area contributed by atoms with Crippen LogP contribution in [-0.4, -0.2) is 6.04 Å². The lowest BCUT2D eigenvalue weighted by Gasteiger charge is -2.31. The Balaban J connectivity index is 2.16. The van der Waals surface area contributed by atoms with Gasteiger partial charge in [-0.2, -0.15) is 0 Å². The van der Waals surface area contributed by atoms with E-state index in [1.54, 1.807) is 0 Å². The lowest BCUT2D eigenvalue weighted by Crippen LogP contribution is -2.34. The SMILES string of the molecule is C=CN1c2ccccc2C#CC2C=CC=CC21. The number of rotatable bonds is 1. The second-order valence-electron chi connectivity index (χ2n) is 4.16. The van der Waals surface area contributed by atoms with Crippen LogP contribution in [0.5, 0.6) is 0 Å². The van der Waals surface area contributed by atoms with E-state index in [-0.39, 0.29) is 12.0 Å². The van der Waals surface area contributed by atoms with Crippen LogP contribution in [0.1, 0.15) is 5.56 Å². The number of hydrogen-bond donors (Lipinski definition) is 0. The van der Waals surface area contributed by atoms with E-state index < -0.39 is 0 Å². The molecule has 2 unspecified atom stereocenters. The van der Waals surface area contributed by atoms with Crippen molar-refractivity contribution in [2.75, 3.05) is 4.90 Å². The third-order valence-corrected chi connectivity index (χ3v) is 3.18. The number of hydrogen-bond acceptors (Lipinski definition) is 1. The van der Waals surface area contributed by atoms with Gasteiger partial charge in [0.2, 0.25) is 0 Å². The molecule has 1 aromatic carbocycles. The van der Waals surface area contributed by atoms with E-state index in [4.69, 9.17) is 0 Å². The molecular weight excluding hydrogens is 206 g/mol. The van der Waals surface area contributed by atoms with E-state index in [2.05, 4.69) is 59.8 Å². The van der Waals surface area contributed by atoms with Crippen LogP contribution in [-0.2, 0) is 0 Å². The Bertz CT molecular complexity index is 569. The van der Waals surface area contributed by atoms with Gasteiger partial charge in [0.15, 0.2) is 0 Å². The van der Waals surface area contributed by atoms with Crippen molar-refractivity contribution >= 4 is 5.69 Å². The lowest BCUT2D eigenvalue weighted by molar-refractivity contribution is 0.680. The predicted octanol–water partition coefficient (Wildman–Crippen LogP) is 3.11. The minimum atomic E-state index is 0.241. The van der Waals surface area contributed by atoms with Crippen LogP contribution in [0.15, 0.2) is 61.3 Å². The van der Waals surface area contributed by atoms with Gasteiger partial charge in [0.05, 0.1) is 17.6 Å². The minimum Gasteiger partial charge on any atom is -0.339 e.